The van der Waals surface area contributed by atoms with E-state index in [9.17, 15) is 9.59 Å². The van der Waals surface area contributed by atoms with Gasteiger partial charge in [0, 0.05) is 44.9 Å². The Morgan fingerprint density at radius 1 is 0.929 bits per heavy atom. The fourth-order valence-electron chi connectivity index (χ4n) is 3.64. The quantitative estimate of drug-likeness (QED) is 0.884. The van der Waals surface area contributed by atoms with Crippen molar-refractivity contribution in [2.45, 2.75) is 34.6 Å². The molecule has 1 aliphatic rings. The third-order valence-corrected chi connectivity index (χ3v) is 5.02. The van der Waals surface area contributed by atoms with E-state index in [1.165, 1.54) is 0 Å². The van der Waals surface area contributed by atoms with Crippen molar-refractivity contribution >= 4 is 23.3 Å². The van der Waals surface area contributed by atoms with Crippen molar-refractivity contribution in [3.05, 3.63) is 46.4 Å². The molecule has 2 heterocycles. The van der Waals surface area contributed by atoms with Crippen LogP contribution in [0, 0.1) is 27.7 Å². The van der Waals surface area contributed by atoms with Gasteiger partial charge in [-0.15, -0.1) is 0 Å². The predicted molar refractivity (Wildman–Crippen MR) is 110 cm³/mol. The molecule has 0 spiro atoms. The van der Waals surface area contributed by atoms with Gasteiger partial charge in [-0.25, -0.2) is 9.97 Å². The Kier molecular flexibility index (Phi) is 5.63. The van der Waals surface area contributed by atoms with Crippen LogP contribution in [0.15, 0.2) is 18.2 Å². The second kappa shape index (κ2) is 7.96. The number of carbonyl (C=O) groups excluding carboxylic acids is 2. The molecular formula is C21H27N5O2. The number of piperazine rings is 1. The van der Waals surface area contributed by atoms with Crippen LogP contribution in [-0.2, 0) is 4.79 Å². The van der Waals surface area contributed by atoms with Gasteiger partial charge in [0.25, 0.3) is 5.91 Å². The molecule has 0 atom stereocenters. The molecule has 7 heteroatoms. The number of rotatable bonds is 3. The molecule has 1 aromatic heterocycles. The second-order valence-corrected chi connectivity index (χ2v) is 7.38. The molecule has 0 aliphatic carbocycles. The molecule has 0 radical (unpaired) electrons. The zero-order valence-electron chi connectivity index (χ0n) is 17.2. The lowest BCUT2D eigenvalue weighted by molar-refractivity contribution is -0.129. The van der Waals surface area contributed by atoms with E-state index in [1.54, 1.807) is 19.9 Å². The molecule has 2 aromatic rings. The summed E-state index contributed by atoms with van der Waals surface area (Å²) < 4.78 is 0. The molecule has 148 valence electrons. The average molecular weight is 381 g/mol. The molecule has 0 saturated carbocycles. The van der Waals surface area contributed by atoms with E-state index in [1.807, 2.05) is 37.8 Å². The number of benzene rings is 1. The minimum absolute atomic E-state index is 0.0856. The summed E-state index contributed by atoms with van der Waals surface area (Å²) in [6, 6.07) is 5.83. The van der Waals surface area contributed by atoms with Gasteiger partial charge in [-0.3, -0.25) is 9.59 Å². The van der Waals surface area contributed by atoms with E-state index in [0.717, 1.165) is 28.2 Å². The summed E-state index contributed by atoms with van der Waals surface area (Å²) in [6.45, 7) is 12.1. The van der Waals surface area contributed by atoms with Crippen molar-refractivity contribution in [3.63, 3.8) is 0 Å². The second-order valence-electron chi connectivity index (χ2n) is 7.38. The number of nitrogens with zero attached hydrogens (tertiary/aromatic N) is 4. The van der Waals surface area contributed by atoms with Gasteiger partial charge < -0.3 is 15.1 Å². The highest BCUT2D eigenvalue weighted by molar-refractivity contribution is 6.04. The smallest absolute Gasteiger partial charge is 0.274 e. The number of nitrogens with one attached hydrogen (secondary N) is 1. The molecule has 1 saturated heterocycles. The van der Waals surface area contributed by atoms with Crippen LogP contribution in [0.5, 0.6) is 0 Å². The molecule has 0 bridgehead atoms. The maximum Gasteiger partial charge on any atom is 0.274 e. The summed E-state index contributed by atoms with van der Waals surface area (Å²) in [5.41, 5.74) is 4.38. The van der Waals surface area contributed by atoms with Crippen molar-refractivity contribution in [1.29, 1.82) is 0 Å². The molecule has 28 heavy (non-hydrogen) atoms. The summed E-state index contributed by atoms with van der Waals surface area (Å²) >= 11 is 0. The van der Waals surface area contributed by atoms with Crippen LogP contribution in [0.2, 0.25) is 0 Å². The molecular weight excluding hydrogens is 354 g/mol. The molecule has 1 fully saturated rings. The Hall–Kier alpha value is -2.96. The fourth-order valence-corrected chi connectivity index (χ4v) is 3.64. The number of hydrogen-bond acceptors (Lipinski definition) is 5. The Labute approximate surface area is 165 Å². The monoisotopic (exact) mass is 381 g/mol. The lowest BCUT2D eigenvalue weighted by Crippen LogP contribution is -2.48. The molecule has 1 aromatic carbocycles. The summed E-state index contributed by atoms with van der Waals surface area (Å²) in [4.78, 5) is 37.1. The first-order valence-electron chi connectivity index (χ1n) is 9.50. The van der Waals surface area contributed by atoms with Crippen LogP contribution in [0.1, 0.15) is 39.9 Å². The fraction of sp³-hybridized carbons (Fsp3) is 0.429. The van der Waals surface area contributed by atoms with Gasteiger partial charge >= 0.3 is 0 Å². The predicted octanol–water partition coefficient (Wildman–Crippen LogP) is 2.63. The molecule has 0 unspecified atom stereocenters. The first-order chi connectivity index (χ1) is 13.2. The summed E-state index contributed by atoms with van der Waals surface area (Å²) in [5.74, 6) is 1.11. The van der Waals surface area contributed by atoms with Gasteiger partial charge in [0.05, 0.1) is 0 Å². The number of anilines is 2. The normalized spacial score (nSPS) is 14.2. The van der Waals surface area contributed by atoms with Gasteiger partial charge in [-0.2, -0.15) is 0 Å². The van der Waals surface area contributed by atoms with Crippen LogP contribution in [0.4, 0.5) is 11.5 Å². The van der Waals surface area contributed by atoms with Crippen molar-refractivity contribution in [3.8, 4) is 0 Å². The average Bonchev–Trinajstić information content (AvgIpc) is 2.64. The van der Waals surface area contributed by atoms with E-state index in [0.29, 0.717) is 37.7 Å². The minimum Gasteiger partial charge on any atom is -0.353 e. The first kappa shape index (κ1) is 19.8. The highest BCUT2D eigenvalue weighted by atomic mass is 16.2. The Bertz CT molecular complexity index is 894. The zero-order valence-corrected chi connectivity index (χ0v) is 17.2. The number of amides is 2. The first-order valence-corrected chi connectivity index (χ1v) is 9.50. The van der Waals surface area contributed by atoms with Crippen LogP contribution in [0.3, 0.4) is 0 Å². The Morgan fingerprint density at radius 3 is 2.11 bits per heavy atom. The third kappa shape index (κ3) is 4.30. The highest BCUT2D eigenvalue weighted by Gasteiger charge is 2.21. The van der Waals surface area contributed by atoms with E-state index >= 15 is 0 Å². The largest absolute Gasteiger partial charge is 0.353 e. The molecule has 2 amide bonds. The van der Waals surface area contributed by atoms with Crippen molar-refractivity contribution in [1.82, 2.24) is 14.9 Å². The van der Waals surface area contributed by atoms with Crippen molar-refractivity contribution in [2.24, 2.45) is 0 Å². The zero-order chi connectivity index (χ0) is 20.4. The Balaban J connectivity index is 1.80. The van der Waals surface area contributed by atoms with Gasteiger partial charge in [0.1, 0.15) is 17.3 Å². The van der Waals surface area contributed by atoms with Crippen LogP contribution < -0.4 is 10.2 Å². The van der Waals surface area contributed by atoms with Gasteiger partial charge in [-0.05, 0) is 38.8 Å². The summed E-state index contributed by atoms with van der Waals surface area (Å²) in [7, 11) is 0. The number of hydrogen-bond donors (Lipinski definition) is 1. The van der Waals surface area contributed by atoms with Gasteiger partial charge in [0.2, 0.25) is 5.91 Å². The maximum absolute atomic E-state index is 12.9. The number of aryl methyl sites for hydroxylation is 4. The summed E-state index contributed by atoms with van der Waals surface area (Å²) in [6.07, 6.45) is 0. The lowest BCUT2D eigenvalue weighted by atomic mass is 10.0. The lowest BCUT2D eigenvalue weighted by Gasteiger charge is -2.35. The van der Waals surface area contributed by atoms with Crippen molar-refractivity contribution in [2.75, 3.05) is 36.4 Å². The maximum atomic E-state index is 12.9. The Morgan fingerprint density at radius 2 is 1.54 bits per heavy atom. The molecule has 7 nitrogen and oxygen atoms in total. The minimum atomic E-state index is -0.246. The standard InChI is InChI=1S/C21H27N5O2/c1-13-10-14(2)20(15(3)11-13)24-21(28)18-12-19(23-16(4)22-18)26-8-6-25(7-9-26)17(5)27/h10-12H,6-9H2,1-5H3,(H,24,28). The van der Waals surface area contributed by atoms with E-state index < -0.39 is 0 Å². The van der Waals surface area contributed by atoms with Gasteiger partial charge in [-0.1, -0.05) is 17.7 Å². The topological polar surface area (TPSA) is 78.4 Å². The third-order valence-electron chi connectivity index (χ3n) is 5.02. The van der Waals surface area contributed by atoms with Gasteiger partial charge in [0.15, 0.2) is 0 Å². The summed E-state index contributed by atoms with van der Waals surface area (Å²) in [5, 5.41) is 3.00. The van der Waals surface area contributed by atoms with E-state index in [4.69, 9.17) is 0 Å². The van der Waals surface area contributed by atoms with E-state index in [2.05, 4.69) is 20.2 Å². The van der Waals surface area contributed by atoms with Crippen molar-refractivity contribution < 1.29 is 9.59 Å². The number of carbonyl (C=O) groups is 2. The van der Waals surface area contributed by atoms with Crippen LogP contribution in [-0.4, -0.2) is 52.9 Å². The number of aromatic nitrogens is 2. The molecule has 1 N–H and O–H groups in total. The van der Waals surface area contributed by atoms with Crippen LogP contribution in [0.25, 0.3) is 0 Å². The molecule has 1 aliphatic heterocycles. The highest BCUT2D eigenvalue weighted by Crippen LogP contribution is 2.23. The SMILES string of the molecule is CC(=O)N1CCN(c2cc(C(=O)Nc3c(C)cc(C)cc3C)nc(C)n2)CC1. The van der Waals surface area contributed by atoms with Crippen LogP contribution >= 0.6 is 0 Å². The van der Waals surface area contributed by atoms with E-state index in [-0.39, 0.29) is 11.8 Å². The molecule has 3 rings (SSSR count).